The molecule has 356 valence electrons. The minimum absolute atomic E-state index is 0.0649. The monoisotopic (exact) mass is 921 g/mol. The van der Waals surface area contributed by atoms with Gasteiger partial charge in [-0.05, 0) is 196 Å². The number of benzene rings is 4. The predicted octanol–water partition coefficient (Wildman–Crippen LogP) is 16.9. The van der Waals surface area contributed by atoms with Crippen molar-refractivity contribution in [1.82, 2.24) is 0 Å². The van der Waals surface area contributed by atoms with Crippen LogP contribution in [0.2, 0.25) is 0 Å². The minimum atomic E-state index is 0.0649. The lowest BCUT2D eigenvalue weighted by Crippen LogP contribution is -2.61. The second-order valence-corrected chi connectivity index (χ2v) is 26.7. The fourth-order valence-corrected chi connectivity index (χ4v) is 15.1. The minimum Gasteiger partial charge on any atom is -0.311 e. The van der Waals surface area contributed by atoms with Gasteiger partial charge in [0.15, 0.2) is 0 Å². The first-order chi connectivity index (χ1) is 32.1. The maximum absolute atomic E-state index is 2.82. The highest BCUT2D eigenvalue weighted by molar-refractivity contribution is 7.33. The van der Waals surface area contributed by atoms with E-state index in [0.29, 0.717) is 11.8 Å². The van der Waals surface area contributed by atoms with Crippen LogP contribution >= 0.6 is 11.3 Å². The Bertz CT molecular complexity index is 2900. The van der Waals surface area contributed by atoms with Crippen molar-refractivity contribution in [3.63, 3.8) is 0 Å². The topological polar surface area (TPSA) is 6.48 Å². The lowest BCUT2D eigenvalue weighted by Gasteiger charge is -2.49. The molecular formula is C64H81BN2S. The third-order valence-electron chi connectivity index (χ3n) is 17.8. The lowest BCUT2D eigenvalue weighted by atomic mass is 9.35. The van der Waals surface area contributed by atoms with Crippen LogP contribution in [0.4, 0.5) is 28.4 Å². The zero-order valence-electron chi connectivity index (χ0n) is 44.7. The molecular weight excluding hydrogens is 840 g/mol. The number of nitrogens with zero attached hydrogens (tertiary/aromatic N) is 2. The van der Waals surface area contributed by atoms with Crippen molar-refractivity contribution >= 4 is 72.3 Å². The van der Waals surface area contributed by atoms with Crippen molar-refractivity contribution in [3.05, 3.63) is 130 Å². The number of fused-ring (bicyclic) bond motifs is 8. The van der Waals surface area contributed by atoms with Crippen LogP contribution in [0.1, 0.15) is 188 Å². The average Bonchev–Trinajstić information content (AvgIpc) is 3.68. The summed E-state index contributed by atoms with van der Waals surface area (Å²) in [7, 11) is 0. The standard InChI is InChI=1S/C64H81BN2S/c1-16-18-30-61(8,9)47-39-55-46(36-42(47)17-2)58-59(68-55)65-50-37-48-49(63(12,13)33-32-62(48,10)11)38-52(50)67(51-29-24-41(4)56-45(51)23-21-19-20-22-31-64(56,14)15)54-35-40(3)34-53(57(54)65)66(58)44-27-25-43(26-28-44)60(5,6)7/h20,22,24-29,34-39,41,56H,16-19,21,23,30-33H2,1-15H3/b22-20-/t41?,56-/m0/s1. The number of rotatable bonds is 7. The molecule has 5 aliphatic rings. The third-order valence-corrected chi connectivity index (χ3v) is 19.0. The van der Waals surface area contributed by atoms with Gasteiger partial charge in [-0.1, -0.05) is 146 Å². The van der Waals surface area contributed by atoms with Crippen LogP contribution in [0.3, 0.4) is 0 Å². The van der Waals surface area contributed by atoms with E-state index in [1.54, 1.807) is 16.7 Å². The van der Waals surface area contributed by atoms with Crippen LogP contribution < -0.4 is 25.5 Å². The first-order valence-electron chi connectivity index (χ1n) is 26.8. The van der Waals surface area contributed by atoms with Crippen molar-refractivity contribution in [3.8, 4) is 0 Å². The van der Waals surface area contributed by atoms with Gasteiger partial charge in [-0.15, -0.1) is 11.3 Å². The molecule has 0 saturated heterocycles. The maximum Gasteiger partial charge on any atom is 0.264 e. The lowest BCUT2D eigenvalue weighted by molar-refractivity contribution is 0.201. The number of thiophene rings is 1. The number of hydrogen-bond donors (Lipinski definition) is 0. The Morgan fingerprint density at radius 3 is 2.13 bits per heavy atom. The molecule has 10 rings (SSSR count). The van der Waals surface area contributed by atoms with Crippen molar-refractivity contribution in [2.24, 2.45) is 17.3 Å². The number of aryl methyl sites for hydroxylation is 2. The first kappa shape index (κ1) is 47.4. The molecule has 2 atom stereocenters. The van der Waals surface area contributed by atoms with Gasteiger partial charge >= 0.3 is 0 Å². The molecule has 5 aromatic rings. The highest BCUT2D eigenvalue weighted by atomic mass is 32.1. The molecule has 1 aromatic heterocycles. The van der Waals surface area contributed by atoms with Crippen molar-refractivity contribution < 1.29 is 0 Å². The smallest absolute Gasteiger partial charge is 0.264 e. The molecule has 3 heterocycles. The number of hydrogen-bond acceptors (Lipinski definition) is 3. The molecule has 0 fully saturated rings. The van der Waals surface area contributed by atoms with E-state index in [-0.39, 0.29) is 33.8 Å². The van der Waals surface area contributed by atoms with E-state index in [1.165, 1.54) is 121 Å². The van der Waals surface area contributed by atoms with Gasteiger partial charge in [0.1, 0.15) is 0 Å². The normalized spacial score (nSPS) is 21.9. The molecule has 2 nitrogen and oxygen atoms in total. The van der Waals surface area contributed by atoms with E-state index < -0.39 is 0 Å². The predicted molar refractivity (Wildman–Crippen MR) is 301 cm³/mol. The average molecular weight is 921 g/mol. The molecule has 3 aliphatic carbocycles. The molecule has 2 aliphatic heterocycles. The van der Waals surface area contributed by atoms with E-state index in [0.717, 1.165) is 25.7 Å². The van der Waals surface area contributed by atoms with E-state index in [9.17, 15) is 0 Å². The molecule has 4 heteroatoms. The van der Waals surface area contributed by atoms with Crippen LogP contribution in [0.5, 0.6) is 0 Å². The quantitative estimate of drug-likeness (QED) is 0.116. The summed E-state index contributed by atoms with van der Waals surface area (Å²) >= 11 is 2.09. The van der Waals surface area contributed by atoms with E-state index >= 15 is 0 Å². The Hall–Kier alpha value is -4.28. The number of allylic oxidation sites excluding steroid dienone is 5. The molecule has 0 spiro atoms. The van der Waals surface area contributed by atoms with Gasteiger partial charge in [-0.3, -0.25) is 0 Å². The number of unbranched alkanes of at least 4 members (excludes halogenated alkanes) is 1. The Kier molecular flexibility index (Phi) is 11.6. The van der Waals surface area contributed by atoms with Gasteiger partial charge in [-0.2, -0.15) is 0 Å². The largest absolute Gasteiger partial charge is 0.311 e. The summed E-state index contributed by atoms with van der Waals surface area (Å²) in [5.74, 6) is 0.926. The van der Waals surface area contributed by atoms with E-state index in [4.69, 9.17) is 0 Å². The second-order valence-electron chi connectivity index (χ2n) is 25.7. The van der Waals surface area contributed by atoms with Crippen molar-refractivity contribution in [1.29, 1.82) is 0 Å². The molecule has 4 aromatic carbocycles. The summed E-state index contributed by atoms with van der Waals surface area (Å²) in [6, 6.07) is 25.5. The van der Waals surface area contributed by atoms with Crippen molar-refractivity contribution in [2.75, 3.05) is 9.80 Å². The van der Waals surface area contributed by atoms with E-state index in [1.807, 2.05) is 0 Å². The maximum atomic E-state index is 2.82. The Labute approximate surface area is 416 Å². The molecule has 0 bridgehead atoms. The zero-order chi connectivity index (χ0) is 48.5. The third kappa shape index (κ3) is 7.63. The SMILES string of the molecule is CCCCC(C)(C)c1cc2sc3c(c2cc1CC)N(c1ccc(C(C)(C)C)cc1)c1cc(C)cc2c1B3c1cc3c(cc1N2C1=C2CCC/C=C\CC(C)(C)[C@H]2C(C)C=C1)C(C)(C)CCC3(C)C. The molecule has 1 unspecified atom stereocenters. The summed E-state index contributed by atoms with van der Waals surface area (Å²) in [5.41, 5.74) is 22.1. The van der Waals surface area contributed by atoms with Crippen LogP contribution in [0.25, 0.3) is 10.1 Å². The molecule has 0 amide bonds. The molecule has 0 N–H and O–H groups in total. The fraction of sp³-hybridized carbons (Fsp3) is 0.500. The zero-order valence-corrected chi connectivity index (χ0v) is 45.5. The summed E-state index contributed by atoms with van der Waals surface area (Å²) in [4.78, 5) is 5.54. The molecule has 68 heavy (non-hydrogen) atoms. The summed E-state index contributed by atoms with van der Waals surface area (Å²) < 4.78 is 2.92. The van der Waals surface area contributed by atoms with Gasteiger partial charge in [0.25, 0.3) is 6.71 Å². The second kappa shape index (κ2) is 16.7. The molecule has 0 radical (unpaired) electrons. The van der Waals surface area contributed by atoms with Crippen LogP contribution in [-0.4, -0.2) is 6.71 Å². The van der Waals surface area contributed by atoms with Crippen LogP contribution in [-0.2, 0) is 28.1 Å². The van der Waals surface area contributed by atoms with Gasteiger partial charge in [-0.25, -0.2) is 0 Å². The fourth-order valence-electron chi connectivity index (χ4n) is 13.7. The molecule has 0 saturated carbocycles. The van der Waals surface area contributed by atoms with Crippen molar-refractivity contribution in [2.45, 2.75) is 190 Å². The summed E-state index contributed by atoms with van der Waals surface area (Å²) in [5, 5.41) is 1.41. The summed E-state index contributed by atoms with van der Waals surface area (Å²) in [6.45, 7) is 36.8. The highest BCUT2D eigenvalue weighted by Crippen LogP contribution is 2.54. The van der Waals surface area contributed by atoms with Crippen LogP contribution in [0.15, 0.2) is 96.2 Å². The van der Waals surface area contributed by atoms with E-state index in [2.05, 4.69) is 210 Å². The van der Waals surface area contributed by atoms with Gasteiger partial charge < -0.3 is 9.80 Å². The summed E-state index contributed by atoms with van der Waals surface area (Å²) in [6.07, 6.45) is 21.8. The van der Waals surface area contributed by atoms with Crippen LogP contribution in [0, 0.1) is 24.2 Å². The Morgan fingerprint density at radius 1 is 0.794 bits per heavy atom. The van der Waals surface area contributed by atoms with Gasteiger partial charge in [0.2, 0.25) is 0 Å². The number of anilines is 5. The Morgan fingerprint density at radius 2 is 1.47 bits per heavy atom. The van der Waals surface area contributed by atoms with Gasteiger partial charge in [0, 0.05) is 43.3 Å². The first-order valence-corrected chi connectivity index (χ1v) is 27.6. The Balaban J connectivity index is 1.33. The highest BCUT2D eigenvalue weighted by Gasteiger charge is 2.49. The van der Waals surface area contributed by atoms with Gasteiger partial charge in [0.05, 0.1) is 5.69 Å².